The van der Waals surface area contributed by atoms with E-state index in [1.807, 2.05) is 35.6 Å². The van der Waals surface area contributed by atoms with Gasteiger partial charge in [0.25, 0.3) is 0 Å². The number of thiophene rings is 1. The van der Waals surface area contributed by atoms with E-state index >= 15 is 0 Å². The SMILES string of the molecule is CC(C)(C)c1ccc(N2c3cc4c(cc3B3c5c(cc(-c6ccccc6)cc52)-c2cccc5c6sc7ccccc7c6n3c25)Oc2ccccc2O4)c(-c2ccccc2)c1. The van der Waals surface area contributed by atoms with Gasteiger partial charge in [0.15, 0.2) is 23.0 Å². The Bertz CT molecular complexity index is 3430. The fourth-order valence-electron chi connectivity index (χ4n) is 10.0. The van der Waals surface area contributed by atoms with E-state index in [0.717, 1.165) is 28.6 Å². The van der Waals surface area contributed by atoms with Gasteiger partial charge in [-0.25, -0.2) is 0 Å². The van der Waals surface area contributed by atoms with E-state index in [9.17, 15) is 0 Å². The molecule has 0 spiro atoms. The Morgan fingerprint density at radius 1 is 0.483 bits per heavy atom. The Morgan fingerprint density at radius 2 is 1.17 bits per heavy atom. The standard InChI is InChI=1S/C54H37BN2O2S/c1-54(2,3)35-25-26-42(39(29-35)33-17-8-5-9-18-33)56-43-31-48-47(58-45-22-11-12-23-46(45)59-48)30-41(43)55-50-40(27-34(28-44(50)56)32-15-6-4-7-16-32)36-20-14-21-38-51(36)57(55)52-37-19-10-13-24-49(37)60-53(38)52/h4-31H,1-3H3. The number of hydrogen-bond acceptors (Lipinski definition) is 4. The van der Waals surface area contributed by atoms with E-state index in [2.05, 4.69) is 176 Å². The number of fused-ring (bicyclic) bond motifs is 11. The molecular weight excluding hydrogens is 751 g/mol. The summed E-state index contributed by atoms with van der Waals surface area (Å²) in [6.07, 6.45) is 0. The van der Waals surface area contributed by atoms with E-state index in [-0.39, 0.29) is 12.3 Å². The Kier molecular flexibility index (Phi) is 6.93. The Labute approximate surface area is 352 Å². The first kappa shape index (κ1) is 33.9. The zero-order valence-corrected chi connectivity index (χ0v) is 34.2. The third-order valence-electron chi connectivity index (χ3n) is 12.8. The average molecular weight is 789 g/mol. The van der Waals surface area contributed by atoms with Crippen molar-refractivity contribution in [1.82, 2.24) is 4.48 Å². The molecule has 3 aliphatic heterocycles. The predicted octanol–water partition coefficient (Wildman–Crippen LogP) is 14.0. The second kappa shape index (κ2) is 12.3. The molecule has 8 aromatic carbocycles. The number of aromatic nitrogens is 1. The monoisotopic (exact) mass is 788 g/mol. The van der Waals surface area contributed by atoms with Gasteiger partial charge in [-0.3, -0.25) is 0 Å². The highest BCUT2D eigenvalue weighted by Crippen LogP contribution is 2.53. The summed E-state index contributed by atoms with van der Waals surface area (Å²) in [7, 11) is 0. The van der Waals surface area contributed by atoms with Crippen molar-refractivity contribution < 1.29 is 9.47 Å². The van der Waals surface area contributed by atoms with Crippen molar-refractivity contribution >= 4 is 77.4 Å². The first-order valence-electron chi connectivity index (χ1n) is 20.7. The van der Waals surface area contributed by atoms with Gasteiger partial charge in [0, 0.05) is 49.6 Å². The molecule has 60 heavy (non-hydrogen) atoms. The van der Waals surface area contributed by atoms with Gasteiger partial charge in [0.05, 0.1) is 15.9 Å². The quantitative estimate of drug-likeness (QED) is 0.167. The number of benzene rings is 8. The van der Waals surface area contributed by atoms with Crippen LogP contribution in [0.1, 0.15) is 26.3 Å². The van der Waals surface area contributed by atoms with Gasteiger partial charge in [-0.2, -0.15) is 0 Å². The molecule has 0 atom stereocenters. The molecule has 10 aromatic rings. The zero-order chi connectivity index (χ0) is 39.9. The lowest BCUT2D eigenvalue weighted by atomic mass is 9.45. The molecule has 3 aliphatic rings. The molecule has 0 unspecified atom stereocenters. The largest absolute Gasteiger partial charge is 0.450 e. The molecule has 6 heteroatoms. The molecule has 0 amide bonds. The Hall–Kier alpha value is -7.02. The summed E-state index contributed by atoms with van der Waals surface area (Å²) in [6.45, 7) is 6.73. The summed E-state index contributed by atoms with van der Waals surface area (Å²) in [6, 6.07) is 61.9. The fraction of sp³-hybridized carbons (Fsp3) is 0.0741. The van der Waals surface area contributed by atoms with Crippen LogP contribution in [0.25, 0.3) is 64.6 Å². The molecule has 0 fully saturated rings. The van der Waals surface area contributed by atoms with Crippen LogP contribution in [0.4, 0.5) is 17.1 Å². The van der Waals surface area contributed by atoms with E-state index in [0.29, 0.717) is 11.5 Å². The highest BCUT2D eigenvalue weighted by Gasteiger charge is 2.45. The van der Waals surface area contributed by atoms with Crippen LogP contribution >= 0.6 is 11.3 Å². The molecule has 5 heterocycles. The van der Waals surface area contributed by atoms with Gasteiger partial charge in [0.1, 0.15) is 0 Å². The number of nitrogens with zero attached hydrogens (tertiary/aromatic N) is 2. The number of hydrogen-bond donors (Lipinski definition) is 0. The summed E-state index contributed by atoms with van der Waals surface area (Å²) in [5.41, 5.74) is 16.8. The van der Waals surface area contributed by atoms with Crippen molar-refractivity contribution in [1.29, 1.82) is 0 Å². The van der Waals surface area contributed by atoms with Gasteiger partial charge in [-0.1, -0.05) is 136 Å². The maximum absolute atomic E-state index is 6.75. The molecule has 0 saturated heterocycles. The summed E-state index contributed by atoms with van der Waals surface area (Å²) >= 11 is 1.90. The highest BCUT2D eigenvalue weighted by molar-refractivity contribution is 7.27. The molecular formula is C54H37BN2O2S. The van der Waals surface area contributed by atoms with Gasteiger partial charge in [0.2, 0.25) is 0 Å². The number of para-hydroxylation sites is 3. The van der Waals surface area contributed by atoms with Crippen LogP contribution < -0.4 is 25.3 Å². The second-order valence-electron chi connectivity index (χ2n) is 17.3. The van der Waals surface area contributed by atoms with E-state index in [1.54, 1.807) is 0 Å². The van der Waals surface area contributed by atoms with Gasteiger partial charge < -0.3 is 18.9 Å². The van der Waals surface area contributed by atoms with Crippen LogP contribution in [0.15, 0.2) is 170 Å². The van der Waals surface area contributed by atoms with Crippen molar-refractivity contribution in [3.8, 4) is 56.4 Å². The van der Waals surface area contributed by atoms with Crippen LogP contribution in [-0.2, 0) is 5.41 Å². The summed E-state index contributed by atoms with van der Waals surface area (Å²) < 4.78 is 18.8. The van der Waals surface area contributed by atoms with E-state index in [4.69, 9.17) is 9.47 Å². The van der Waals surface area contributed by atoms with Crippen molar-refractivity contribution in [3.05, 3.63) is 175 Å². The number of ether oxygens (including phenoxy) is 2. The lowest BCUT2D eigenvalue weighted by Gasteiger charge is -2.42. The first-order valence-corrected chi connectivity index (χ1v) is 21.5. The van der Waals surface area contributed by atoms with Crippen molar-refractivity contribution in [2.75, 3.05) is 4.90 Å². The van der Waals surface area contributed by atoms with E-state index < -0.39 is 0 Å². The van der Waals surface area contributed by atoms with Crippen molar-refractivity contribution in [2.24, 2.45) is 0 Å². The molecule has 0 N–H and O–H groups in total. The van der Waals surface area contributed by atoms with Crippen LogP contribution in [0.2, 0.25) is 0 Å². The molecule has 13 rings (SSSR count). The van der Waals surface area contributed by atoms with Gasteiger partial charge in [-0.05, 0) is 92.7 Å². The van der Waals surface area contributed by atoms with Gasteiger partial charge >= 0.3 is 6.85 Å². The topological polar surface area (TPSA) is 26.6 Å². The van der Waals surface area contributed by atoms with E-state index in [1.165, 1.54) is 81.1 Å². The van der Waals surface area contributed by atoms with Gasteiger partial charge in [-0.15, -0.1) is 11.3 Å². The second-order valence-corrected chi connectivity index (χ2v) is 18.3. The fourth-order valence-corrected chi connectivity index (χ4v) is 11.2. The molecule has 0 bridgehead atoms. The minimum atomic E-state index is -0.154. The summed E-state index contributed by atoms with van der Waals surface area (Å²) in [4.78, 5) is 2.52. The Morgan fingerprint density at radius 3 is 1.93 bits per heavy atom. The molecule has 284 valence electrons. The summed E-state index contributed by atoms with van der Waals surface area (Å²) in [5, 5.41) is 2.57. The maximum Gasteiger partial charge on any atom is 0.333 e. The molecule has 2 aromatic heterocycles. The highest BCUT2D eigenvalue weighted by atomic mass is 32.1. The average Bonchev–Trinajstić information content (AvgIpc) is 3.82. The third kappa shape index (κ3) is 4.74. The molecule has 0 aliphatic carbocycles. The molecule has 4 nitrogen and oxygen atoms in total. The van der Waals surface area contributed by atoms with Crippen LogP contribution in [0, 0.1) is 0 Å². The predicted molar refractivity (Wildman–Crippen MR) is 252 cm³/mol. The van der Waals surface area contributed by atoms with Crippen molar-refractivity contribution in [3.63, 3.8) is 0 Å². The maximum atomic E-state index is 6.75. The van der Waals surface area contributed by atoms with Crippen molar-refractivity contribution in [2.45, 2.75) is 26.2 Å². The molecule has 0 radical (unpaired) electrons. The minimum Gasteiger partial charge on any atom is -0.450 e. The van der Waals surface area contributed by atoms with Crippen LogP contribution in [0.5, 0.6) is 23.0 Å². The summed E-state index contributed by atoms with van der Waals surface area (Å²) in [5.74, 6) is 2.86. The Balaban J connectivity index is 1.20. The van der Waals surface area contributed by atoms with Crippen LogP contribution in [0.3, 0.4) is 0 Å². The minimum absolute atomic E-state index is 0.0464. The number of rotatable bonds is 3. The lowest BCUT2D eigenvalue weighted by molar-refractivity contribution is 0.360. The van der Waals surface area contributed by atoms with Crippen LogP contribution in [-0.4, -0.2) is 11.3 Å². The smallest absolute Gasteiger partial charge is 0.333 e. The zero-order valence-electron chi connectivity index (χ0n) is 33.4. The lowest BCUT2D eigenvalue weighted by Crippen LogP contribution is -2.56. The molecule has 0 saturated carbocycles. The normalized spacial score (nSPS) is 13.4. The third-order valence-corrected chi connectivity index (χ3v) is 14.0. The number of anilines is 3. The first-order chi connectivity index (χ1) is 29.4.